The molecule has 0 aromatic carbocycles. The minimum Gasteiger partial charge on any atom is -0.379 e. The summed E-state index contributed by atoms with van der Waals surface area (Å²) in [6.45, 7) is 7.80. The Hall–Kier alpha value is -0.0800. The number of rotatable bonds is 7. The maximum absolute atomic E-state index is 5.47. The van der Waals surface area contributed by atoms with E-state index in [4.69, 9.17) is 4.74 Å². The van der Waals surface area contributed by atoms with Crippen molar-refractivity contribution in [3.63, 3.8) is 0 Å². The highest BCUT2D eigenvalue weighted by atomic mass is 16.5. The van der Waals surface area contributed by atoms with Gasteiger partial charge in [0.05, 0.1) is 5.60 Å². The molecular weight excluding hydrogens is 198 g/mol. The summed E-state index contributed by atoms with van der Waals surface area (Å²) in [5, 5.41) is 3.64. The van der Waals surface area contributed by atoms with Gasteiger partial charge in [-0.1, -0.05) is 6.92 Å². The zero-order valence-electron chi connectivity index (χ0n) is 11.5. The Morgan fingerprint density at radius 3 is 2.69 bits per heavy atom. The van der Waals surface area contributed by atoms with Crippen molar-refractivity contribution in [2.24, 2.45) is 5.92 Å². The third-order valence-electron chi connectivity index (χ3n) is 3.93. The fourth-order valence-corrected chi connectivity index (χ4v) is 2.52. The van der Waals surface area contributed by atoms with Crippen molar-refractivity contribution < 1.29 is 4.74 Å². The second kappa shape index (κ2) is 6.61. The second-order valence-electron chi connectivity index (χ2n) is 5.83. The van der Waals surface area contributed by atoms with Gasteiger partial charge in [0.25, 0.3) is 0 Å². The van der Waals surface area contributed by atoms with Crippen LogP contribution in [0.15, 0.2) is 0 Å². The van der Waals surface area contributed by atoms with Crippen LogP contribution in [-0.4, -0.2) is 25.3 Å². The van der Waals surface area contributed by atoms with E-state index < -0.39 is 0 Å². The monoisotopic (exact) mass is 227 g/mol. The zero-order valence-corrected chi connectivity index (χ0v) is 11.5. The third kappa shape index (κ3) is 4.84. The van der Waals surface area contributed by atoms with Crippen molar-refractivity contribution >= 4 is 0 Å². The third-order valence-corrected chi connectivity index (χ3v) is 3.93. The Kier molecular flexibility index (Phi) is 5.77. The number of methoxy groups -OCH3 is 1. The zero-order chi connectivity index (χ0) is 12.0. The topological polar surface area (TPSA) is 21.3 Å². The first-order valence-corrected chi connectivity index (χ1v) is 6.86. The molecule has 2 heteroatoms. The molecule has 2 atom stereocenters. The van der Waals surface area contributed by atoms with Crippen molar-refractivity contribution in [3.05, 3.63) is 0 Å². The van der Waals surface area contributed by atoms with E-state index in [1.165, 1.54) is 45.1 Å². The molecule has 0 bridgehead atoms. The van der Waals surface area contributed by atoms with Gasteiger partial charge in [0.15, 0.2) is 0 Å². The van der Waals surface area contributed by atoms with Crippen LogP contribution in [0, 0.1) is 5.92 Å². The molecule has 2 nitrogen and oxygen atoms in total. The standard InChI is InChI=1S/C14H29NO/c1-5-10-15-13-7-6-12(11-13)8-9-14(2,3)16-4/h12-13,15H,5-11H2,1-4H3. The molecule has 2 unspecified atom stereocenters. The molecule has 1 saturated carbocycles. The molecule has 1 rings (SSSR count). The van der Waals surface area contributed by atoms with Crippen LogP contribution in [0.1, 0.15) is 59.3 Å². The summed E-state index contributed by atoms with van der Waals surface area (Å²) < 4.78 is 5.47. The molecule has 0 aromatic heterocycles. The Balaban J connectivity index is 2.16. The highest BCUT2D eigenvalue weighted by Crippen LogP contribution is 2.31. The van der Waals surface area contributed by atoms with E-state index in [-0.39, 0.29) is 5.60 Å². The molecule has 16 heavy (non-hydrogen) atoms. The number of ether oxygens (including phenoxy) is 1. The van der Waals surface area contributed by atoms with E-state index in [1.54, 1.807) is 0 Å². The van der Waals surface area contributed by atoms with Crippen molar-refractivity contribution in [3.8, 4) is 0 Å². The van der Waals surface area contributed by atoms with Crippen LogP contribution in [0.3, 0.4) is 0 Å². The highest BCUT2D eigenvalue weighted by Gasteiger charge is 2.26. The van der Waals surface area contributed by atoms with Crippen LogP contribution in [-0.2, 0) is 4.74 Å². The first-order valence-electron chi connectivity index (χ1n) is 6.86. The average molecular weight is 227 g/mol. The van der Waals surface area contributed by atoms with Gasteiger partial charge in [-0.25, -0.2) is 0 Å². The van der Waals surface area contributed by atoms with Crippen LogP contribution >= 0.6 is 0 Å². The molecule has 1 aliphatic carbocycles. The first kappa shape index (κ1) is 14.0. The molecule has 0 radical (unpaired) electrons. The van der Waals surface area contributed by atoms with Crippen molar-refractivity contribution in [2.75, 3.05) is 13.7 Å². The van der Waals surface area contributed by atoms with Crippen LogP contribution in [0.4, 0.5) is 0 Å². The van der Waals surface area contributed by atoms with E-state index in [9.17, 15) is 0 Å². The number of hydrogen-bond donors (Lipinski definition) is 1. The minimum atomic E-state index is 0.0644. The Morgan fingerprint density at radius 2 is 2.06 bits per heavy atom. The van der Waals surface area contributed by atoms with E-state index >= 15 is 0 Å². The molecule has 0 spiro atoms. The fourth-order valence-electron chi connectivity index (χ4n) is 2.52. The lowest BCUT2D eigenvalue weighted by atomic mass is 9.93. The normalized spacial score (nSPS) is 26.2. The Labute approximate surface area is 101 Å². The summed E-state index contributed by atoms with van der Waals surface area (Å²) in [6.07, 6.45) is 7.91. The van der Waals surface area contributed by atoms with Crippen molar-refractivity contribution in [1.82, 2.24) is 5.32 Å². The molecule has 96 valence electrons. The van der Waals surface area contributed by atoms with Gasteiger partial charge >= 0.3 is 0 Å². The fraction of sp³-hybridized carbons (Fsp3) is 1.00. The van der Waals surface area contributed by atoms with Crippen molar-refractivity contribution in [2.45, 2.75) is 70.9 Å². The van der Waals surface area contributed by atoms with Gasteiger partial charge in [-0.05, 0) is 64.8 Å². The second-order valence-corrected chi connectivity index (χ2v) is 5.83. The molecule has 0 amide bonds. The van der Waals surface area contributed by atoms with Gasteiger partial charge in [-0.15, -0.1) is 0 Å². The number of hydrogen-bond acceptors (Lipinski definition) is 2. The van der Waals surface area contributed by atoms with E-state index in [0.29, 0.717) is 0 Å². The van der Waals surface area contributed by atoms with Crippen LogP contribution in [0.2, 0.25) is 0 Å². The Bertz CT molecular complexity index is 191. The van der Waals surface area contributed by atoms with Crippen LogP contribution < -0.4 is 5.32 Å². The average Bonchev–Trinajstić information content (AvgIpc) is 2.72. The van der Waals surface area contributed by atoms with E-state index in [0.717, 1.165) is 12.0 Å². The molecule has 1 N–H and O–H groups in total. The van der Waals surface area contributed by atoms with Gasteiger partial charge in [0, 0.05) is 13.2 Å². The SMILES string of the molecule is CCCNC1CCC(CCC(C)(C)OC)C1. The highest BCUT2D eigenvalue weighted by molar-refractivity contribution is 4.82. The van der Waals surface area contributed by atoms with Crippen molar-refractivity contribution in [1.29, 1.82) is 0 Å². The molecule has 0 saturated heterocycles. The number of nitrogens with one attached hydrogen (secondary N) is 1. The predicted molar refractivity (Wildman–Crippen MR) is 69.7 cm³/mol. The van der Waals surface area contributed by atoms with E-state index in [1.807, 2.05) is 7.11 Å². The maximum atomic E-state index is 5.47. The lowest BCUT2D eigenvalue weighted by molar-refractivity contribution is 0.0105. The summed E-state index contributed by atoms with van der Waals surface area (Å²) in [6, 6.07) is 0.788. The van der Waals surface area contributed by atoms with Gasteiger partial charge in [-0.3, -0.25) is 0 Å². The molecule has 1 fully saturated rings. The predicted octanol–water partition coefficient (Wildman–Crippen LogP) is 3.36. The summed E-state index contributed by atoms with van der Waals surface area (Å²) in [5.41, 5.74) is 0.0644. The quantitative estimate of drug-likeness (QED) is 0.720. The molecule has 0 heterocycles. The molecule has 1 aliphatic rings. The van der Waals surface area contributed by atoms with Gasteiger partial charge < -0.3 is 10.1 Å². The molecular formula is C14H29NO. The van der Waals surface area contributed by atoms with Crippen LogP contribution in [0.5, 0.6) is 0 Å². The summed E-state index contributed by atoms with van der Waals surface area (Å²) in [5.74, 6) is 0.920. The Morgan fingerprint density at radius 1 is 1.31 bits per heavy atom. The maximum Gasteiger partial charge on any atom is 0.0622 e. The lowest BCUT2D eigenvalue weighted by Gasteiger charge is -2.24. The lowest BCUT2D eigenvalue weighted by Crippen LogP contribution is -2.27. The summed E-state index contributed by atoms with van der Waals surface area (Å²) in [4.78, 5) is 0. The van der Waals surface area contributed by atoms with Gasteiger partial charge in [-0.2, -0.15) is 0 Å². The molecule has 0 aliphatic heterocycles. The summed E-state index contributed by atoms with van der Waals surface area (Å²) >= 11 is 0. The first-order chi connectivity index (χ1) is 7.57. The minimum absolute atomic E-state index is 0.0644. The van der Waals surface area contributed by atoms with Gasteiger partial charge in [0.2, 0.25) is 0 Å². The summed E-state index contributed by atoms with van der Waals surface area (Å²) in [7, 11) is 1.82. The molecule has 0 aromatic rings. The smallest absolute Gasteiger partial charge is 0.0622 e. The largest absolute Gasteiger partial charge is 0.379 e. The van der Waals surface area contributed by atoms with Gasteiger partial charge in [0.1, 0.15) is 0 Å². The van der Waals surface area contributed by atoms with E-state index in [2.05, 4.69) is 26.1 Å². The van der Waals surface area contributed by atoms with Crippen LogP contribution in [0.25, 0.3) is 0 Å².